The van der Waals surface area contributed by atoms with Crippen molar-refractivity contribution >= 4 is 0 Å². The predicted octanol–water partition coefficient (Wildman–Crippen LogP) is 2.21. The zero-order valence-electron chi connectivity index (χ0n) is 10.4. The van der Waals surface area contributed by atoms with Crippen LogP contribution < -0.4 is 10.1 Å². The molecule has 92 valence electrons. The number of hydrogen-bond donors (Lipinski definition) is 2. The van der Waals surface area contributed by atoms with Crippen molar-refractivity contribution in [2.24, 2.45) is 5.92 Å². The third-order valence-electron chi connectivity index (χ3n) is 2.40. The molecule has 0 fully saturated rings. The molecule has 0 aliphatic heterocycles. The summed E-state index contributed by atoms with van der Waals surface area (Å²) >= 11 is 0. The summed E-state index contributed by atoms with van der Waals surface area (Å²) in [5.74, 6) is 0.934. The quantitative estimate of drug-likeness (QED) is 0.819. The molecule has 2 N–H and O–H groups in total. The van der Waals surface area contributed by atoms with E-state index in [9.17, 15) is 5.11 Å². The van der Waals surface area contributed by atoms with Gasteiger partial charge in [0, 0.05) is 0 Å². The topological polar surface area (TPSA) is 65.3 Å². The van der Waals surface area contributed by atoms with E-state index in [2.05, 4.69) is 25.2 Å². The normalized spacial score (nSPS) is 12.2. The van der Waals surface area contributed by atoms with Crippen molar-refractivity contribution in [2.75, 3.05) is 13.7 Å². The minimum absolute atomic E-state index is 0.0524. The second kappa shape index (κ2) is 6.12. The van der Waals surface area contributed by atoms with Gasteiger partial charge in [0.1, 0.15) is 6.04 Å². The van der Waals surface area contributed by atoms with E-state index in [1.165, 1.54) is 7.11 Å². The van der Waals surface area contributed by atoms with Crippen molar-refractivity contribution < 1.29 is 9.84 Å². The monoisotopic (exact) mass is 234 g/mol. The standard InChI is InChI=1S/C13H18N2O2/c1-9(2)8-15-11(7-14)10-4-5-13(17-3)12(16)6-10/h4-6,9,11,15-16H,8H2,1-3H3. The number of rotatable bonds is 5. The van der Waals surface area contributed by atoms with Gasteiger partial charge in [-0.15, -0.1) is 0 Å². The lowest BCUT2D eigenvalue weighted by Crippen LogP contribution is -2.24. The summed E-state index contributed by atoms with van der Waals surface area (Å²) < 4.78 is 4.96. The molecule has 0 saturated heterocycles. The second-order valence-corrected chi connectivity index (χ2v) is 4.30. The number of phenolic OH excluding ortho intramolecular Hbond substituents is 1. The molecule has 1 rings (SSSR count). The highest BCUT2D eigenvalue weighted by atomic mass is 16.5. The van der Waals surface area contributed by atoms with Gasteiger partial charge in [-0.1, -0.05) is 19.9 Å². The maximum Gasteiger partial charge on any atom is 0.160 e. The number of nitrogens with one attached hydrogen (secondary N) is 1. The summed E-state index contributed by atoms with van der Waals surface area (Å²) in [7, 11) is 1.49. The van der Waals surface area contributed by atoms with E-state index in [0.717, 1.165) is 12.1 Å². The Hall–Kier alpha value is -1.73. The molecule has 1 aromatic carbocycles. The zero-order valence-corrected chi connectivity index (χ0v) is 10.4. The van der Waals surface area contributed by atoms with Gasteiger partial charge >= 0.3 is 0 Å². The van der Waals surface area contributed by atoms with Gasteiger partial charge in [0.25, 0.3) is 0 Å². The third kappa shape index (κ3) is 3.65. The molecule has 1 atom stereocenters. The lowest BCUT2D eigenvalue weighted by atomic mass is 10.1. The van der Waals surface area contributed by atoms with E-state index in [0.29, 0.717) is 11.7 Å². The number of benzene rings is 1. The van der Waals surface area contributed by atoms with Crippen LogP contribution in [0.25, 0.3) is 0 Å². The van der Waals surface area contributed by atoms with Crippen LogP contribution in [0, 0.1) is 17.2 Å². The molecule has 0 aliphatic rings. The molecule has 0 spiro atoms. The molecule has 0 heterocycles. The number of methoxy groups -OCH3 is 1. The van der Waals surface area contributed by atoms with Crippen LogP contribution in [0.5, 0.6) is 11.5 Å². The van der Waals surface area contributed by atoms with Gasteiger partial charge in [-0.25, -0.2) is 0 Å². The van der Waals surface area contributed by atoms with Crippen molar-refractivity contribution in [1.29, 1.82) is 5.26 Å². The minimum Gasteiger partial charge on any atom is -0.504 e. The van der Waals surface area contributed by atoms with E-state index in [1.54, 1.807) is 18.2 Å². The summed E-state index contributed by atoms with van der Waals surface area (Å²) in [4.78, 5) is 0. The summed E-state index contributed by atoms with van der Waals surface area (Å²) in [6, 6.07) is 6.76. The van der Waals surface area contributed by atoms with Gasteiger partial charge in [-0.05, 0) is 30.2 Å². The maximum atomic E-state index is 9.65. The first kappa shape index (κ1) is 13.3. The largest absolute Gasteiger partial charge is 0.504 e. The van der Waals surface area contributed by atoms with Crippen LogP contribution in [-0.2, 0) is 0 Å². The number of nitrogens with zero attached hydrogens (tertiary/aromatic N) is 1. The second-order valence-electron chi connectivity index (χ2n) is 4.30. The lowest BCUT2D eigenvalue weighted by Gasteiger charge is -2.14. The summed E-state index contributed by atoms with van der Waals surface area (Å²) in [6.45, 7) is 4.91. The highest BCUT2D eigenvalue weighted by molar-refractivity contribution is 5.43. The van der Waals surface area contributed by atoms with Crippen LogP contribution in [-0.4, -0.2) is 18.8 Å². The first-order chi connectivity index (χ1) is 8.08. The van der Waals surface area contributed by atoms with Gasteiger partial charge in [0.2, 0.25) is 0 Å². The molecule has 1 unspecified atom stereocenters. The van der Waals surface area contributed by atoms with Gasteiger partial charge < -0.3 is 9.84 Å². The van der Waals surface area contributed by atoms with Gasteiger partial charge in [-0.2, -0.15) is 5.26 Å². The maximum absolute atomic E-state index is 9.65. The van der Waals surface area contributed by atoms with Gasteiger partial charge in [0.05, 0.1) is 13.2 Å². The van der Waals surface area contributed by atoms with Crippen LogP contribution in [0.3, 0.4) is 0 Å². The summed E-state index contributed by atoms with van der Waals surface area (Å²) in [5.41, 5.74) is 0.742. The summed E-state index contributed by atoms with van der Waals surface area (Å²) in [5, 5.41) is 21.9. The Kier molecular flexibility index (Phi) is 4.80. The Balaban J connectivity index is 2.83. The molecule has 17 heavy (non-hydrogen) atoms. The fraction of sp³-hybridized carbons (Fsp3) is 0.462. The van der Waals surface area contributed by atoms with Crippen LogP contribution in [0.1, 0.15) is 25.5 Å². The Morgan fingerprint density at radius 1 is 1.47 bits per heavy atom. The molecule has 1 aromatic rings. The van der Waals surface area contributed by atoms with E-state index in [1.807, 2.05) is 0 Å². The third-order valence-corrected chi connectivity index (χ3v) is 2.40. The van der Waals surface area contributed by atoms with E-state index in [4.69, 9.17) is 10.00 Å². The fourth-order valence-corrected chi connectivity index (χ4v) is 1.48. The molecule has 0 aromatic heterocycles. The van der Waals surface area contributed by atoms with Crippen molar-refractivity contribution in [3.63, 3.8) is 0 Å². The van der Waals surface area contributed by atoms with Crippen LogP contribution in [0.15, 0.2) is 18.2 Å². The molecule has 0 amide bonds. The number of hydrogen-bond acceptors (Lipinski definition) is 4. The van der Waals surface area contributed by atoms with Crippen molar-refractivity contribution in [1.82, 2.24) is 5.32 Å². The number of ether oxygens (including phenoxy) is 1. The molecule has 0 aliphatic carbocycles. The van der Waals surface area contributed by atoms with Crippen LogP contribution >= 0.6 is 0 Å². The van der Waals surface area contributed by atoms with Crippen LogP contribution in [0.4, 0.5) is 0 Å². The average molecular weight is 234 g/mol. The minimum atomic E-state index is -0.408. The molecule has 4 heteroatoms. The van der Waals surface area contributed by atoms with E-state index in [-0.39, 0.29) is 5.75 Å². The number of nitriles is 1. The van der Waals surface area contributed by atoms with Gasteiger partial charge in [0.15, 0.2) is 11.5 Å². The Morgan fingerprint density at radius 3 is 2.65 bits per heavy atom. The van der Waals surface area contributed by atoms with Crippen LogP contribution in [0.2, 0.25) is 0 Å². The Morgan fingerprint density at radius 2 is 2.18 bits per heavy atom. The predicted molar refractivity (Wildman–Crippen MR) is 65.9 cm³/mol. The van der Waals surface area contributed by atoms with Crippen molar-refractivity contribution in [3.8, 4) is 17.6 Å². The lowest BCUT2D eigenvalue weighted by molar-refractivity contribution is 0.372. The molecular formula is C13H18N2O2. The molecule has 0 radical (unpaired) electrons. The van der Waals surface area contributed by atoms with Gasteiger partial charge in [-0.3, -0.25) is 5.32 Å². The Labute approximate surface area is 102 Å². The Bertz CT molecular complexity index is 410. The number of aromatic hydroxyl groups is 1. The number of phenols is 1. The van der Waals surface area contributed by atoms with Crippen molar-refractivity contribution in [3.05, 3.63) is 23.8 Å². The molecule has 4 nitrogen and oxygen atoms in total. The highest BCUT2D eigenvalue weighted by Crippen LogP contribution is 2.28. The molecule has 0 saturated carbocycles. The van der Waals surface area contributed by atoms with E-state index < -0.39 is 6.04 Å². The highest BCUT2D eigenvalue weighted by Gasteiger charge is 2.12. The molecular weight excluding hydrogens is 216 g/mol. The first-order valence-corrected chi connectivity index (χ1v) is 5.58. The van der Waals surface area contributed by atoms with Crippen molar-refractivity contribution in [2.45, 2.75) is 19.9 Å². The average Bonchev–Trinajstić information content (AvgIpc) is 2.29. The first-order valence-electron chi connectivity index (χ1n) is 5.58. The zero-order chi connectivity index (χ0) is 12.8. The smallest absolute Gasteiger partial charge is 0.160 e. The molecule has 0 bridgehead atoms. The fourth-order valence-electron chi connectivity index (χ4n) is 1.48. The SMILES string of the molecule is COc1ccc(C(C#N)NCC(C)C)cc1O. The summed E-state index contributed by atoms with van der Waals surface area (Å²) in [6.07, 6.45) is 0. The van der Waals surface area contributed by atoms with E-state index >= 15 is 0 Å².